The lowest BCUT2D eigenvalue weighted by atomic mass is 9.56. The number of amides is 4. The summed E-state index contributed by atoms with van der Waals surface area (Å²) < 4.78 is 0. The second kappa shape index (κ2) is 11.4. The van der Waals surface area contributed by atoms with E-state index in [1.165, 1.54) is 17.5 Å². The Morgan fingerprint density at radius 2 is 1.67 bits per heavy atom. The van der Waals surface area contributed by atoms with E-state index >= 15 is 0 Å². The Morgan fingerprint density at radius 3 is 2.37 bits per heavy atom. The zero-order valence-electron chi connectivity index (χ0n) is 25.7. The number of nitrogens with zero attached hydrogens (tertiary/aromatic N) is 3. The van der Waals surface area contributed by atoms with Crippen molar-refractivity contribution in [2.75, 3.05) is 20.1 Å². The SMILES string of the molecule is C=CCc1cccc([C@H]2C3=CC[C@@H]4C(=O)N(C5CCN(Cc6ccccc6)CC5)C(=O)[C@@H]4[C@@H]3C[C@@]3(Cl)C(=O)N(C)C(=O)[C@@]23Cl)c1O. The molecule has 2 aromatic carbocycles. The second-order valence-corrected chi connectivity index (χ2v) is 14.6. The molecule has 3 saturated heterocycles. The normalized spacial score (nSPS) is 33.2. The molecule has 2 aliphatic carbocycles. The molecule has 3 aliphatic heterocycles. The van der Waals surface area contributed by atoms with Crippen LogP contribution in [0, 0.1) is 17.8 Å². The van der Waals surface area contributed by atoms with Gasteiger partial charge in [0.25, 0.3) is 11.8 Å². The van der Waals surface area contributed by atoms with Gasteiger partial charge in [0.1, 0.15) is 5.75 Å². The number of rotatable bonds is 6. The lowest BCUT2D eigenvalue weighted by molar-refractivity contribution is -0.144. The molecule has 10 heteroatoms. The van der Waals surface area contributed by atoms with Crippen molar-refractivity contribution in [1.82, 2.24) is 14.7 Å². The van der Waals surface area contributed by atoms with Crippen LogP contribution in [0.2, 0.25) is 0 Å². The van der Waals surface area contributed by atoms with Crippen LogP contribution in [0.25, 0.3) is 0 Å². The molecular weight excluding hydrogens is 625 g/mol. The third-order valence-electron chi connectivity index (χ3n) is 11.0. The number of carbonyl (C=O) groups is 4. The number of aromatic hydroxyl groups is 1. The molecule has 2 aromatic rings. The summed E-state index contributed by atoms with van der Waals surface area (Å²) in [7, 11) is 1.36. The van der Waals surface area contributed by atoms with Crippen LogP contribution in [-0.4, -0.2) is 79.4 Å². The zero-order chi connectivity index (χ0) is 32.5. The number of phenols is 1. The van der Waals surface area contributed by atoms with Crippen molar-refractivity contribution in [1.29, 1.82) is 0 Å². The van der Waals surface area contributed by atoms with Gasteiger partial charge in [-0.1, -0.05) is 66.3 Å². The van der Waals surface area contributed by atoms with Crippen molar-refractivity contribution in [2.45, 2.75) is 60.4 Å². The van der Waals surface area contributed by atoms with Crippen LogP contribution in [0.4, 0.5) is 0 Å². The lowest BCUT2D eigenvalue weighted by Crippen LogP contribution is -2.60. The van der Waals surface area contributed by atoms with Gasteiger partial charge in [0.15, 0.2) is 9.75 Å². The van der Waals surface area contributed by atoms with E-state index in [9.17, 15) is 24.3 Å². The summed E-state index contributed by atoms with van der Waals surface area (Å²) in [5.41, 5.74) is 2.86. The molecule has 7 rings (SSSR count). The maximum atomic E-state index is 14.4. The predicted molar refractivity (Wildman–Crippen MR) is 174 cm³/mol. The number of hydrogen-bond donors (Lipinski definition) is 1. The molecule has 4 fully saturated rings. The highest BCUT2D eigenvalue weighted by atomic mass is 35.5. The van der Waals surface area contributed by atoms with Crippen molar-refractivity contribution < 1.29 is 24.3 Å². The lowest BCUT2D eigenvalue weighted by Gasteiger charge is -2.51. The van der Waals surface area contributed by atoms with Crippen LogP contribution in [0.15, 0.2) is 72.8 Å². The van der Waals surface area contributed by atoms with Gasteiger partial charge in [0.2, 0.25) is 11.8 Å². The minimum absolute atomic E-state index is 0.0531. The van der Waals surface area contributed by atoms with E-state index in [-0.39, 0.29) is 30.0 Å². The number of para-hydroxylation sites is 1. The Kier molecular flexibility index (Phi) is 7.69. The van der Waals surface area contributed by atoms with Crippen LogP contribution in [0.3, 0.4) is 0 Å². The second-order valence-electron chi connectivity index (χ2n) is 13.4. The molecule has 46 heavy (non-hydrogen) atoms. The summed E-state index contributed by atoms with van der Waals surface area (Å²) >= 11 is 14.6. The van der Waals surface area contributed by atoms with Crippen molar-refractivity contribution in [2.24, 2.45) is 17.8 Å². The summed E-state index contributed by atoms with van der Waals surface area (Å²) in [6.07, 6.45) is 5.55. The highest BCUT2D eigenvalue weighted by molar-refractivity contribution is 6.53. The molecule has 0 bridgehead atoms. The Bertz CT molecular complexity index is 1670. The van der Waals surface area contributed by atoms with Crippen LogP contribution in [0.1, 0.15) is 48.3 Å². The summed E-state index contributed by atoms with van der Waals surface area (Å²) in [6.45, 7) is 6.14. The third kappa shape index (κ3) is 4.36. The number of alkyl halides is 2. The Hall–Kier alpha value is -3.46. The molecule has 0 spiro atoms. The monoisotopic (exact) mass is 661 g/mol. The van der Waals surface area contributed by atoms with Gasteiger partial charge in [-0.25, -0.2) is 0 Å². The van der Waals surface area contributed by atoms with Gasteiger partial charge < -0.3 is 5.11 Å². The molecule has 4 amide bonds. The average molecular weight is 663 g/mol. The molecule has 3 heterocycles. The third-order valence-corrected chi connectivity index (χ3v) is 12.5. The van der Waals surface area contributed by atoms with E-state index in [1.54, 1.807) is 24.3 Å². The van der Waals surface area contributed by atoms with Crippen LogP contribution in [0.5, 0.6) is 5.75 Å². The first kappa shape index (κ1) is 31.2. The topological polar surface area (TPSA) is 98.2 Å². The highest BCUT2D eigenvalue weighted by Crippen LogP contribution is 2.66. The van der Waals surface area contributed by atoms with Gasteiger partial charge in [-0.15, -0.1) is 29.8 Å². The molecule has 6 atom stereocenters. The molecule has 5 aliphatic rings. The smallest absolute Gasteiger partial charge is 0.253 e. The molecule has 0 unspecified atom stereocenters. The fourth-order valence-electron chi connectivity index (χ4n) is 8.82. The van der Waals surface area contributed by atoms with E-state index < -0.39 is 45.2 Å². The standard InChI is InChI=1S/C36H37Cl2N3O5/c1-3-8-22-11-7-12-26(30(22)42)29-24-13-14-25-28(27(24)19-35(37)33(45)39(2)34(46)36(29,35)38)32(44)41(31(25)43)23-15-17-40(18-16-23)20-21-9-5-4-6-10-21/h3-7,9-13,23,25,27-29,42H,1,8,14-20H2,2H3/t25-,27+,28-,29+,35+,36-/m0/s1. The first-order valence-corrected chi connectivity index (χ1v) is 16.7. The summed E-state index contributed by atoms with van der Waals surface area (Å²) in [5.74, 6) is -4.69. The number of fused-ring (bicyclic) bond motifs is 4. The highest BCUT2D eigenvalue weighted by Gasteiger charge is 2.76. The molecule has 1 N–H and O–H groups in total. The van der Waals surface area contributed by atoms with E-state index in [0.29, 0.717) is 42.4 Å². The quantitative estimate of drug-likeness (QED) is 0.272. The van der Waals surface area contributed by atoms with Crippen LogP contribution < -0.4 is 0 Å². The molecule has 8 nitrogen and oxygen atoms in total. The minimum Gasteiger partial charge on any atom is -0.507 e. The van der Waals surface area contributed by atoms with Crippen molar-refractivity contribution >= 4 is 46.8 Å². The van der Waals surface area contributed by atoms with E-state index in [4.69, 9.17) is 23.2 Å². The Balaban J connectivity index is 1.23. The fraction of sp³-hybridized carbons (Fsp3) is 0.444. The van der Waals surface area contributed by atoms with Gasteiger partial charge >= 0.3 is 0 Å². The summed E-state index contributed by atoms with van der Waals surface area (Å²) in [5, 5.41) is 11.5. The number of halogens is 2. The number of hydrogen-bond acceptors (Lipinski definition) is 6. The van der Waals surface area contributed by atoms with Crippen LogP contribution >= 0.6 is 23.2 Å². The molecular formula is C36H37Cl2N3O5. The summed E-state index contributed by atoms with van der Waals surface area (Å²) in [4.78, 5) is 56.9. The van der Waals surface area contributed by atoms with E-state index in [2.05, 4.69) is 23.6 Å². The number of carbonyl (C=O) groups excluding carboxylic acids is 4. The van der Waals surface area contributed by atoms with Gasteiger partial charge in [-0.2, -0.15) is 0 Å². The average Bonchev–Trinajstić information content (AvgIpc) is 3.38. The molecule has 240 valence electrons. The van der Waals surface area contributed by atoms with Crippen molar-refractivity contribution in [3.8, 4) is 5.75 Å². The Morgan fingerprint density at radius 1 is 0.957 bits per heavy atom. The molecule has 0 aromatic heterocycles. The van der Waals surface area contributed by atoms with Gasteiger partial charge in [0.05, 0.1) is 11.8 Å². The molecule has 0 radical (unpaired) electrons. The largest absolute Gasteiger partial charge is 0.507 e. The predicted octanol–water partition coefficient (Wildman–Crippen LogP) is 4.77. The molecule has 1 saturated carbocycles. The number of likely N-dealkylation sites (tertiary alicyclic amines) is 3. The first-order chi connectivity index (χ1) is 22.0. The first-order valence-electron chi connectivity index (χ1n) is 16.0. The zero-order valence-corrected chi connectivity index (χ0v) is 27.2. The fourth-order valence-corrected chi connectivity index (χ4v) is 9.83. The maximum absolute atomic E-state index is 14.4. The maximum Gasteiger partial charge on any atom is 0.253 e. The van der Waals surface area contributed by atoms with Gasteiger partial charge in [0, 0.05) is 44.2 Å². The number of piperidine rings is 1. The van der Waals surface area contributed by atoms with E-state index in [0.717, 1.165) is 24.5 Å². The van der Waals surface area contributed by atoms with Crippen LogP contribution in [-0.2, 0) is 32.1 Å². The van der Waals surface area contributed by atoms with Crippen molar-refractivity contribution in [3.63, 3.8) is 0 Å². The number of imide groups is 2. The number of benzene rings is 2. The number of phenolic OH excluding ortho intramolecular Hbond substituents is 1. The van der Waals surface area contributed by atoms with Gasteiger partial charge in [-0.3, -0.25) is 33.9 Å². The Labute approximate surface area is 278 Å². The van der Waals surface area contributed by atoms with E-state index in [1.807, 2.05) is 24.3 Å². The van der Waals surface area contributed by atoms with Crippen molar-refractivity contribution in [3.05, 3.63) is 89.5 Å². The minimum atomic E-state index is -1.93. The summed E-state index contributed by atoms with van der Waals surface area (Å²) in [6, 6.07) is 15.2. The number of allylic oxidation sites excluding steroid dienone is 3. The van der Waals surface area contributed by atoms with Gasteiger partial charge in [-0.05, 0) is 49.1 Å².